The van der Waals surface area contributed by atoms with Crippen molar-refractivity contribution in [2.24, 2.45) is 11.3 Å². The van der Waals surface area contributed by atoms with E-state index in [1.165, 1.54) is 58.0 Å². The minimum absolute atomic E-state index is 0.562. The van der Waals surface area contributed by atoms with Gasteiger partial charge in [-0.3, -0.25) is 4.98 Å². The van der Waals surface area contributed by atoms with Gasteiger partial charge in [-0.05, 0) is 94.3 Å². The Balaban J connectivity index is 0.000000453. The molecule has 1 aliphatic heterocycles. The normalized spacial score (nSPS) is 15.2. The van der Waals surface area contributed by atoms with Crippen LogP contribution in [-0.4, -0.2) is 61.4 Å². The molecule has 48 heavy (non-hydrogen) atoms. The van der Waals surface area contributed by atoms with Gasteiger partial charge >= 0.3 is 0 Å². The van der Waals surface area contributed by atoms with Crippen LogP contribution in [0.25, 0.3) is 21.8 Å². The number of aromatic nitrogens is 2. The number of methoxy groups -OCH3 is 1. The fraction of sp³-hybridized carbons (Fsp3) is 0.575. The molecule has 1 N–H and O–H groups in total. The van der Waals surface area contributed by atoms with Crippen LogP contribution in [0.5, 0.6) is 23.0 Å². The van der Waals surface area contributed by atoms with Crippen molar-refractivity contribution in [1.29, 1.82) is 0 Å². The molecule has 8 heteroatoms. The lowest BCUT2D eigenvalue weighted by atomic mass is 9.74. The summed E-state index contributed by atoms with van der Waals surface area (Å²) in [6.45, 7) is 19.2. The lowest BCUT2D eigenvalue weighted by molar-refractivity contribution is 0.0914. The highest BCUT2D eigenvalue weighted by Crippen LogP contribution is 2.39. The number of ether oxygens (including phenoxy) is 4. The zero-order valence-corrected chi connectivity index (χ0v) is 31.8. The Bertz CT molecular complexity index is 1560. The van der Waals surface area contributed by atoms with Gasteiger partial charge in [-0.1, -0.05) is 53.4 Å². The van der Waals surface area contributed by atoms with E-state index in [1.54, 1.807) is 13.3 Å². The van der Waals surface area contributed by atoms with Gasteiger partial charge in [-0.2, -0.15) is 0 Å². The average molecular weight is 678 g/mol. The van der Waals surface area contributed by atoms with Crippen LogP contribution in [-0.2, 0) is 4.74 Å². The van der Waals surface area contributed by atoms with Crippen LogP contribution in [0.3, 0.4) is 0 Å². The summed E-state index contributed by atoms with van der Waals surface area (Å²) in [7, 11) is 4.49. The molecule has 0 spiro atoms. The molecule has 5 rings (SSSR count). The van der Waals surface area contributed by atoms with Crippen molar-refractivity contribution in [3.05, 3.63) is 48.3 Å². The van der Waals surface area contributed by atoms with Gasteiger partial charge in [0.05, 0.1) is 19.2 Å². The molecule has 2 unspecified atom stereocenters. The van der Waals surface area contributed by atoms with Crippen molar-refractivity contribution < 1.29 is 18.9 Å². The van der Waals surface area contributed by atoms with E-state index >= 15 is 0 Å². The van der Waals surface area contributed by atoms with Crippen LogP contribution >= 0.6 is 9.24 Å². The second kappa shape index (κ2) is 18.8. The Labute approximate surface area is 291 Å². The number of nitrogens with zero attached hydrogens (tertiary/aromatic N) is 2. The van der Waals surface area contributed by atoms with Gasteiger partial charge in [-0.15, -0.1) is 9.24 Å². The number of hydrogen-bond donors (Lipinski definition) is 1. The van der Waals surface area contributed by atoms with Crippen LogP contribution in [0.2, 0.25) is 0 Å². The first-order valence-electron chi connectivity index (χ1n) is 18.2. The van der Waals surface area contributed by atoms with Gasteiger partial charge < -0.3 is 28.8 Å². The summed E-state index contributed by atoms with van der Waals surface area (Å²) in [5, 5.41) is 3.04. The quantitative estimate of drug-likeness (QED) is 0.0941. The van der Waals surface area contributed by atoms with Gasteiger partial charge in [0.1, 0.15) is 11.5 Å². The number of H-pyrrole nitrogens is 1. The minimum atomic E-state index is 0.562. The molecule has 0 aliphatic carbocycles. The number of likely N-dealkylation sites (tertiary alicyclic amines) is 1. The maximum Gasteiger partial charge on any atom is 0.163 e. The number of benzene rings is 2. The average Bonchev–Trinajstić information content (AvgIpc) is 3.51. The fourth-order valence-electron chi connectivity index (χ4n) is 6.82. The van der Waals surface area contributed by atoms with E-state index in [4.69, 9.17) is 18.9 Å². The second-order valence-electron chi connectivity index (χ2n) is 13.3. The molecule has 2 aromatic heterocycles. The van der Waals surface area contributed by atoms with Gasteiger partial charge in [0.15, 0.2) is 11.5 Å². The molecule has 1 fully saturated rings. The molecule has 3 heterocycles. The topological polar surface area (TPSA) is 68.8 Å². The Hall–Kier alpha value is -2.86. The number of pyridine rings is 1. The molecule has 4 aromatic rings. The van der Waals surface area contributed by atoms with Crippen molar-refractivity contribution in [2.45, 2.75) is 92.9 Å². The highest BCUT2D eigenvalue weighted by Gasteiger charge is 2.30. The van der Waals surface area contributed by atoms with Crippen molar-refractivity contribution in [1.82, 2.24) is 14.9 Å². The van der Waals surface area contributed by atoms with Gasteiger partial charge in [0, 0.05) is 59.3 Å². The molecule has 2 atom stereocenters. The zero-order valence-electron chi connectivity index (χ0n) is 30.6. The summed E-state index contributed by atoms with van der Waals surface area (Å²) >= 11 is 0. The van der Waals surface area contributed by atoms with Crippen LogP contribution in [0.15, 0.2) is 42.6 Å². The number of piperidine rings is 1. The van der Waals surface area contributed by atoms with E-state index in [9.17, 15) is 0 Å². The molecule has 0 saturated carbocycles. The maximum atomic E-state index is 6.40. The van der Waals surface area contributed by atoms with E-state index < -0.39 is 0 Å². The molecule has 0 radical (unpaired) electrons. The third kappa shape index (κ3) is 9.86. The fourth-order valence-corrected chi connectivity index (χ4v) is 7.21. The van der Waals surface area contributed by atoms with Crippen LogP contribution in [0.4, 0.5) is 0 Å². The zero-order chi connectivity index (χ0) is 34.5. The van der Waals surface area contributed by atoms with Crippen molar-refractivity contribution in [3.63, 3.8) is 0 Å². The second-order valence-corrected chi connectivity index (χ2v) is 13.9. The Morgan fingerprint density at radius 2 is 1.71 bits per heavy atom. The minimum Gasteiger partial charge on any atom is -0.493 e. The summed E-state index contributed by atoms with van der Waals surface area (Å²) < 4.78 is 23.6. The SMILES string of the molecule is CCC1(CC)CCN(CCCOc2cc3nccc(Oc4ccc5[nH]c(C)cc5c4P)c3cc2OC)CC1.CCCC(CC)COCC. The van der Waals surface area contributed by atoms with Crippen molar-refractivity contribution in [2.75, 3.05) is 46.6 Å². The lowest BCUT2D eigenvalue weighted by Crippen LogP contribution is -2.40. The van der Waals surface area contributed by atoms with E-state index in [1.807, 2.05) is 24.3 Å². The van der Waals surface area contributed by atoms with E-state index in [-0.39, 0.29) is 0 Å². The van der Waals surface area contributed by atoms with E-state index in [0.717, 1.165) is 82.2 Å². The van der Waals surface area contributed by atoms with Crippen molar-refractivity contribution >= 4 is 36.4 Å². The standard InChI is InChI=1S/C31H40N3O3P.C9H20O/c1-5-31(6-2)11-15-34(16-12-31)14-7-17-36-29-20-25-22(19-28(29)35-4)26(10-13-32-25)37-27-9-8-24-23(30(27)38)18-21(3)33-24;1-4-7-9(5-2)8-10-6-3/h8-10,13,18-20,33H,5-7,11-12,14-17,38H2,1-4H3;9H,4-8H2,1-3H3. The van der Waals surface area contributed by atoms with Gasteiger partial charge in [0.25, 0.3) is 0 Å². The maximum absolute atomic E-state index is 6.40. The van der Waals surface area contributed by atoms with Gasteiger partial charge in [0.2, 0.25) is 0 Å². The molecule has 2 aromatic carbocycles. The molecule has 1 saturated heterocycles. The Kier molecular flexibility index (Phi) is 14.8. The molecular weight excluding hydrogens is 617 g/mol. The summed E-state index contributed by atoms with van der Waals surface area (Å²) in [6, 6.07) is 12.0. The smallest absolute Gasteiger partial charge is 0.163 e. The molecule has 264 valence electrons. The largest absolute Gasteiger partial charge is 0.493 e. The van der Waals surface area contributed by atoms with Crippen molar-refractivity contribution in [3.8, 4) is 23.0 Å². The summed E-state index contributed by atoms with van der Waals surface area (Å²) in [5.74, 6) is 3.73. The number of hydrogen-bond acceptors (Lipinski definition) is 6. The van der Waals surface area contributed by atoms with Crippen LogP contribution in [0.1, 0.15) is 91.7 Å². The molecule has 0 bridgehead atoms. The Morgan fingerprint density at radius 3 is 2.38 bits per heavy atom. The first kappa shape index (κ1) is 38.0. The third-order valence-electron chi connectivity index (χ3n) is 10.3. The van der Waals surface area contributed by atoms with Crippen LogP contribution < -0.4 is 19.5 Å². The lowest BCUT2D eigenvalue weighted by Gasteiger charge is -2.41. The monoisotopic (exact) mass is 677 g/mol. The van der Waals surface area contributed by atoms with E-state index in [0.29, 0.717) is 17.8 Å². The number of nitrogens with one attached hydrogen (secondary N) is 1. The molecule has 1 aliphatic rings. The molecule has 0 amide bonds. The Morgan fingerprint density at radius 1 is 0.938 bits per heavy atom. The van der Waals surface area contributed by atoms with Crippen LogP contribution in [0, 0.1) is 18.3 Å². The summed E-state index contributed by atoms with van der Waals surface area (Å²) in [6.07, 6.45) is 11.8. The predicted molar refractivity (Wildman–Crippen MR) is 205 cm³/mol. The highest BCUT2D eigenvalue weighted by molar-refractivity contribution is 7.28. The number of rotatable bonds is 16. The number of aryl methyl sites for hydroxylation is 1. The third-order valence-corrected chi connectivity index (χ3v) is 10.9. The molecule has 7 nitrogen and oxygen atoms in total. The van der Waals surface area contributed by atoms with E-state index in [2.05, 4.69) is 77.8 Å². The number of fused-ring (bicyclic) bond motifs is 2. The summed E-state index contributed by atoms with van der Waals surface area (Å²) in [4.78, 5) is 10.6. The first-order valence-corrected chi connectivity index (χ1v) is 18.8. The highest BCUT2D eigenvalue weighted by atomic mass is 31.0. The van der Waals surface area contributed by atoms with Gasteiger partial charge in [-0.25, -0.2) is 0 Å². The first-order chi connectivity index (χ1) is 23.3. The number of aromatic amines is 1. The molecular formula is C40H60N3O4P. The predicted octanol–water partition coefficient (Wildman–Crippen LogP) is 9.85. The summed E-state index contributed by atoms with van der Waals surface area (Å²) in [5.41, 5.74) is 3.59.